The molecule has 0 fully saturated rings. The topological polar surface area (TPSA) is 63.6 Å². The van der Waals surface area contributed by atoms with Crippen LogP contribution in [-0.4, -0.2) is 16.7 Å². The predicted octanol–water partition coefficient (Wildman–Crippen LogP) is 6.03. The van der Waals surface area contributed by atoms with Crippen molar-refractivity contribution in [2.45, 2.75) is 58.4 Å². The molecule has 1 aliphatic rings. The van der Waals surface area contributed by atoms with E-state index in [1.807, 2.05) is 49.4 Å². The second kappa shape index (κ2) is 8.34. The van der Waals surface area contributed by atoms with Gasteiger partial charge in [0.05, 0.1) is 12.2 Å². The first-order valence-corrected chi connectivity index (χ1v) is 11.2. The molecule has 0 bridgehead atoms. The Hall–Kier alpha value is -3.27. The zero-order valence-electron chi connectivity index (χ0n) is 19.7. The van der Waals surface area contributed by atoms with E-state index in [0.717, 1.165) is 28.8 Å². The molecule has 4 nitrogen and oxygen atoms in total. The fourth-order valence-corrected chi connectivity index (χ4v) is 4.93. The van der Waals surface area contributed by atoms with Crippen LogP contribution < -0.4 is 5.73 Å². The Morgan fingerprint density at radius 2 is 1.66 bits per heavy atom. The Balaban J connectivity index is 1.53. The molecule has 0 saturated heterocycles. The van der Waals surface area contributed by atoms with Crippen LogP contribution in [0.3, 0.4) is 0 Å². The Bertz CT molecular complexity index is 1170. The molecule has 4 heteroatoms. The molecule has 0 amide bonds. The molecule has 1 heterocycles. The zero-order chi connectivity index (χ0) is 22.9. The summed E-state index contributed by atoms with van der Waals surface area (Å²) in [7, 11) is 0. The number of aliphatic imine (C=N–C) groups is 2. The van der Waals surface area contributed by atoms with Gasteiger partial charge in [-0.1, -0.05) is 70.2 Å². The van der Waals surface area contributed by atoms with Gasteiger partial charge in [-0.3, -0.25) is 9.98 Å². The highest BCUT2D eigenvalue weighted by Gasteiger charge is 2.41. The zero-order valence-corrected chi connectivity index (χ0v) is 19.7. The third kappa shape index (κ3) is 4.50. The van der Waals surface area contributed by atoms with Crippen LogP contribution in [0.2, 0.25) is 0 Å². The average molecular weight is 425 g/mol. The van der Waals surface area contributed by atoms with Crippen molar-refractivity contribution in [2.75, 3.05) is 0 Å². The average Bonchev–Trinajstić information content (AvgIpc) is 2.96. The lowest BCUT2D eigenvalue weighted by Gasteiger charge is -2.22. The first kappa shape index (κ1) is 21.9. The number of benzene rings is 2. The molecule has 0 atom stereocenters. The third-order valence-corrected chi connectivity index (χ3v) is 6.33. The summed E-state index contributed by atoms with van der Waals surface area (Å²) in [6.45, 7) is 11.8. The largest absolute Gasteiger partial charge is 0.383 e. The third-order valence-electron chi connectivity index (χ3n) is 6.33. The van der Waals surface area contributed by atoms with Gasteiger partial charge in [0.2, 0.25) is 0 Å². The first-order chi connectivity index (χ1) is 15.2. The lowest BCUT2D eigenvalue weighted by molar-refractivity contribution is 0.403. The smallest absolute Gasteiger partial charge is 0.134 e. The molecule has 2 N–H and O–H groups in total. The fraction of sp³-hybridized carbons (Fsp3) is 0.321. The second-order valence-electron chi connectivity index (χ2n) is 9.98. The van der Waals surface area contributed by atoms with Crippen LogP contribution in [0.1, 0.15) is 63.3 Å². The molecule has 1 aliphatic carbocycles. The number of nitrogens with two attached hydrogens (primary N) is 1. The van der Waals surface area contributed by atoms with Crippen LogP contribution in [0, 0.1) is 0 Å². The van der Waals surface area contributed by atoms with Crippen LogP contribution in [0.5, 0.6) is 0 Å². The van der Waals surface area contributed by atoms with E-state index in [2.05, 4.69) is 60.9 Å². The second-order valence-corrected chi connectivity index (χ2v) is 9.98. The number of hydrogen-bond donors (Lipinski definition) is 1. The van der Waals surface area contributed by atoms with Crippen LogP contribution in [0.25, 0.3) is 11.3 Å². The van der Waals surface area contributed by atoms with Crippen molar-refractivity contribution in [3.05, 3.63) is 89.1 Å². The fourth-order valence-electron chi connectivity index (χ4n) is 4.93. The number of pyridine rings is 1. The summed E-state index contributed by atoms with van der Waals surface area (Å²) in [5, 5.41) is 0. The van der Waals surface area contributed by atoms with Gasteiger partial charge in [-0.05, 0) is 59.1 Å². The number of aromatic nitrogens is 1. The molecule has 2 aromatic carbocycles. The summed E-state index contributed by atoms with van der Waals surface area (Å²) in [6, 6.07) is 20.9. The summed E-state index contributed by atoms with van der Waals surface area (Å²) in [5.41, 5.74) is 13.5. The number of rotatable bonds is 4. The minimum atomic E-state index is 0.169. The molecule has 0 aliphatic heterocycles. The maximum absolute atomic E-state index is 6.22. The van der Waals surface area contributed by atoms with Gasteiger partial charge in [0.1, 0.15) is 11.7 Å². The van der Waals surface area contributed by atoms with Crippen molar-refractivity contribution in [2.24, 2.45) is 15.7 Å². The van der Waals surface area contributed by atoms with Gasteiger partial charge in [-0.15, -0.1) is 0 Å². The van der Waals surface area contributed by atoms with E-state index >= 15 is 0 Å². The Labute approximate surface area is 191 Å². The van der Waals surface area contributed by atoms with E-state index in [1.165, 1.54) is 11.1 Å². The van der Waals surface area contributed by atoms with Crippen molar-refractivity contribution in [1.29, 1.82) is 0 Å². The Morgan fingerprint density at radius 1 is 0.938 bits per heavy atom. The van der Waals surface area contributed by atoms with Crippen LogP contribution in [0.15, 0.2) is 76.8 Å². The standard InChI is InChI=1S/C28H32N4/c1-19(30-16-20-9-7-6-8-10-20)32-26(29)22-12-14-25(31-17-22)21-11-13-23-24(15-21)28(4,5)18-27(23,2)3/h6-15,17H,16,18H2,1-5H3,(H2,29,30,32). The summed E-state index contributed by atoms with van der Waals surface area (Å²) in [6.07, 6.45) is 2.95. The van der Waals surface area contributed by atoms with Crippen LogP contribution in [-0.2, 0) is 17.4 Å². The van der Waals surface area contributed by atoms with Crippen molar-refractivity contribution in [3.63, 3.8) is 0 Å². The number of fused-ring (bicyclic) bond motifs is 1. The van der Waals surface area contributed by atoms with E-state index in [4.69, 9.17) is 5.73 Å². The molecule has 3 aromatic rings. The highest BCUT2D eigenvalue weighted by atomic mass is 15.0. The molecular formula is C28H32N4. The summed E-state index contributed by atoms with van der Waals surface area (Å²) in [5.74, 6) is 1.08. The number of amidine groups is 2. The molecular weight excluding hydrogens is 392 g/mol. The summed E-state index contributed by atoms with van der Waals surface area (Å²) in [4.78, 5) is 13.6. The molecule has 1 aromatic heterocycles. The lowest BCUT2D eigenvalue weighted by Crippen LogP contribution is -2.17. The predicted molar refractivity (Wildman–Crippen MR) is 134 cm³/mol. The molecule has 0 spiro atoms. The minimum Gasteiger partial charge on any atom is -0.383 e. The van der Waals surface area contributed by atoms with Gasteiger partial charge in [-0.2, -0.15) is 0 Å². The van der Waals surface area contributed by atoms with Gasteiger partial charge < -0.3 is 5.73 Å². The maximum atomic E-state index is 6.22. The van der Waals surface area contributed by atoms with Crippen molar-refractivity contribution < 1.29 is 0 Å². The Kier molecular flexibility index (Phi) is 5.72. The van der Waals surface area contributed by atoms with Crippen molar-refractivity contribution >= 4 is 11.7 Å². The molecule has 164 valence electrons. The summed E-state index contributed by atoms with van der Waals surface area (Å²) < 4.78 is 0. The maximum Gasteiger partial charge on any atom is 0.134 e. The monoisotopic (exact) mass is 424 g/mol. The highest BCUT2D eigenvalue weighted by molar-refractivity contribution is 6.04. The van der Waals surface area contributed by atoms with E-state index in [-0.39, 0.29) is 10.8 Å². The van der Waals surface area contributed by atoms with E-state index in [0.29, 0.717) is 18.2 Å². The van der Waals surface area contributed by atoms with Crippen molar-refractivity contribution in [1.82, 2.24) is 4.98 Å². The Morgan fingerprint density at radius 3 is 2.34 bits per heavy atom. The molecule has 0 saturated carbocycles. The highest BCUT2D eigenvalue weighted by Crippen LogP contribution is 2.50. The van der Waals surface area contributed by atoms with Gasteiger partial charge in [-0.25, -0.2) is 4.99 Å². The van der Waals surface area contributed by atoms with Gasteiger partial charge in [0.15, 0.2) is 0 Å². The molecule has 0 radical (unpaired) electrons. The molecule has 4 rings (SSSR count). The normalized spacial score (nSPS) is 17.3. The van der Waals surface area contributed by atoms with E-state index in [1.54, 1.807) is 6.20 Å². The van der Waals surface area contributed by atoms with E-state index in [9.17, 15) is 0 Å². The van der Waals surface area contributed by atoms with Gasteiger partial charge in [0, 0.05) is 17.3 Å². The van der Waals surface area contributed by atoms with E-state index < -0.39 is 0 Å². The van der Waals surface area contributed by atoms with Crippen LogP contribution in [0.4, 0.5) is 0 Å². The molecule has 32 heavy (non-hydrogen) atoms. The SMILES string of the molecule is CC(=NCc1ccccc1)N=C(N)c1ccc(-c2ccc3c(c2)C(C)(C)CC3(C)C)nc1. The van der Waals surface area contributed by atoms with Gasteiger partial charge >= 0.3 is 0 Å². The van der Waals surface area contributed by atoms with Gasteiger partial charge in [0.25, 0.3) is 0 Å². The molecule has 0 unspecified atom stereocenters. The quantitative estimate of drug-likeness (QED) is 0.410. The van der Waals surface area contributed by atoms with Crippen LogP contribution >= 0.6 is 0 Å². The summed E-state index contributed by atoms with van der Waals surface area (Å²) >= 11 is 0. The van der Waals surface area contributed by atoms with Crippen molar-refractivity contribution in [3.8, 4) is 11.3 Å². The first-order valence-electron chi connectivity index (χ1n) is 11.2. The number of nitrogens with zero attached hydrogens (tertiary/aromatic N) is 3. The lowest BCUT2D eigenvalue weighted by atomic mass is 9.82. The minimum absolute atomic E-state index is 0.169. The number of hydrogen-bond acceptors (Lipinski definition) is 2.